The number of hydrogen-bond acceptors (Lipinski definition) is 4. The Kier molecular flexibility index (Phi) is 9.93. The lowest BCUT2D eigenvalue weighted by atomic mass is 10.2. The molecule has 25 heavy (non-hydrogen) atoms. The Morgan fingerprint density at radius 2 is 1.92 bits per heavy atom. The second-order valence-electron chi connectivity index (χ2n) is 4.99. The number of thiophene rings is 1. The van der Waals surface area contributed by atoms with Crippen molar-refractivity contribution in [2.45, 2.75) is 20.0 Å². The highest BCUT2D eigenvalue weighted by Crippen LogP contribution is 2.10. The smallest absolute Gasteiger partial charge is 0.411 e. The van der Waals surface area contributed by atoms with Gasteiger partial charge < -0.3 is 15.4 Å². The van der Waals surface area contributed by atoms with E-state index in [2.05, 4.69) is 42.5 Å². The van der Waals surface area contributed by atoms with Crippen molar-refractivity contribution >= 4 is 53.1 Å². The van der Waals surface area contributed by atoms with E-state index in [9.17, 15) is 4.79 Å². The number of nitrogens with one attached hydrogen (secondary N) is 3. The predicted octanol–water partition coefficient (Wildman–Crippen LogP) is 3.80. The molecule has 0 radical (unpaired) electrons. The van der Waals surface area contributed by atoms with Crippen molar-refractivity contribution in [3.05, 3.63) is 52.2 Å². The Balaban J connectivity index is 0.00000312. The van der Waals surface area contributed by atoms with E-state index in [1.807, 2.05) is 31.2 Å². The van der Waals surface area contributed by atoms with Gasteiger partial charge >= 0.3 is 6.09 Å². The molecule has 3 N–H and O–H groups in total. The Morgan fingerprint density at radius 3 is 2.52 bits per heavy atom. The van der Waals surface area contributed by atoms with Gasteiger partial charge in [-0.3, -0.25) is 5.32 Å². The molecule has 0 atom stereocenters. The summed E-state index contributed by atoms with van der Waals surface area (Å²) >= 11 is 1.67. The SMILES string of the molecule is CCNC(=NCc1ccsc1)NCc1ccc(NC(=O)OC)cc1.I. The number of carbonyl (C=O) groups excluding carboxylic acids is 1. The van der Waals surface area contributed by atoms with Crippen LogP contribution in [0.1, 0.15) is 18.1 Å². The second kappa shape index (κ2) is 11.7. The molecule has 6 nitrogen and oxygen atoms in total. The van der Waals surface area contributed by atoms with Crippen LogP contribution >= 0.6 is 35.3 Å². The summed E-state index contributed by atoms with van der Waals surface area (Å²) in [5, 5.41) is 13.3. The van der Waals surface area contributed by atoms with Gasteiger partial charge in [-0.25, -0.2) is 9.79 Å². The highest BCUT2D eigenvalue weighted by atomic mass is 127. The number of carbonyl (C=O) groups is 1. The van der Waals surface area contributed by atoms with Crippen LogP contribution in [-0.4, -0.2) is 25.7 Å². The molecule has 1 amide bonds. The van der Waals surface area contributed by atoms with Gasteiger partial charge in [-0.15, -0.1) is 24.0 Å². The van der Waals surface area contributed by atoms with Crippen molar-refractivity contribution in [2.24, 2.45) is 4.99 Å². The average molecular weight is 474 g/mol. The number of rotatable bonds is 6. The van der Waals surface area contributed by atoms with E-state index in [4.69, 9.17) is 0 Å². The van der Waals surface area contributed by atoms with E-state index in [1.54, 1.807) is 11.3 Å². The number of halogens is 1. The first-order valence-corrected chi connectivity index (χ1v) is 8.62. The second-order valence-corrected chi connectivity index (χ2v) is 5.77. The van der Waals surface area contributed by atoms with Gasteiger partial charge in [0.25, 0.3) is 0 Å². The third-order valence-corrected chi connectivity index (χ3v) is 3.92. The normalized spacial score (nSPS) is 10.6. The van der Waals surface area contributed by atoms with Gasteiger partial charge in [-0.1, -0.05) is 12.1 Å². The van der Waals surface area contributed by atoms with Crippen LogP contribution in [0.2, 0.25) is 0 Å². The quantitative estimate of drug-likeness (QED) is 0.338. The van der Waals surface area contributed by atoms with Crippen molar-refractivity contribution in [1.82, 2.24) is 10.6 Å². The number of hydrogen-bond donors (Lipinski definition) is 3. The zero-order valence-electron chi connectivity index (χ0n) is 14.2. The minimum absolute atomic E-state index is 0. The van der Waals surface area contributed by atoms with Crippen LogP contribution < -0.4 is 16.0 Å². The molecule has 0 aliphatic carbocycles. The Bertz CT molecular complexity index is 660. The predicted molar refractivity (Wildman–Crippen MR) is 114 cm³/mol. The molecule has 0 unspecified atom stereocenters. The third kappa shape index (κ3) is 7.74. The molecule has 0 aliphatic heterocycles. The lowest BCUT2D eigenvalue weighted by Crippen LogP contribution is -2.36. The molecule has 2 aromatic rings. The number of aliphatic imine (C=N–C) groups is 1. The molecule has 0 spiro atoms. The molecule has 8 heteroatoms. The van der Waals surface area contributed by atoms with Crippen LogP contribution in [0.5, 0.6) is 0 Å². The maximum absolute atomic E-state index is 11.2. The van der Waals surface area contributed by atoms with Crippen LogP contribution in [-0.2, 0) is 17.8 Å². The molecule has 1 aromatic carbocycles. The van der Waals surface area contributed by atoms with Gasteiger partial charge in [0.1, 0.15) is 0 Å². The molecule has 1 aromatic heterocycles. The summed E-state index contributed by atoms with van der Waals surface area (Å²) in [4.78, 5) is 15.7. The fourth-order valence-electron chi connectivity index (χ4n) is 1.96. The molecular weight excluding hydrogens is 451 g/mol. The summed E-state index contributed by atoms with van der Waals surface area (Å²) in [7, 11) is 1.34. The minimum Gasteiger partial charge on any atom is -0.453 e. The van der Waals surface area contributed by atoms with Gasteiger partial charge in [0.2, 0.25) is 0 Å². The number of methoxy groups -OCH3 is 1. The van der Waals surface area contributed by atoms with E-state index in [0.717, 1.165) is 18.1 Å². The molecule has 0 aliphatic rings. The molecule has 136 valence electrons. The third-order valence-electron chi connectivity index (χ3n) is 3.19. The first-order valence-electron chi connectivity index (χ1n) is 7.68. The highest BCUT2D eigenvalue weighted by molar-refractivity contribution is 14.0. The van der Waals surface area contributed by atoms with Gasteiger partial charge in [-0.05, 0) is 47.0 Å². The van der Waals surface area contributed by atoms with E-state index in [-0.39, 0.29) is 24.0 Å². The monoisotopic (exact) mass is 474 g/mol. The maximum Gasteiger partial charge on any atom is 0.411 e. The molecule has 0 fully saturated rings. The van der Waals surface area contributed by atoms with Gasteiger partial charge in [-0.2, -0.15) is 11.3 Å². The number of guanidine groups is 1. The molecule has 0 bridgehead atoms. The van der Waals surface area contributed by atoms with E-state index < -0.39 is 6.09 Å². The Labute approximate surface area is 169 Å². The van der Waals surface area contributed by atoms with Crippen molar-refractivity contribution in [1.29, 1.82) is 0 Å². The van der Waals surface area contributed by atoms with Crippen LogP contribution in [0.25, 0.3) is 0 Å². The van der Waals surface area contributed by atoms with Crippen LogP contribution in [0, 0.1) is 0 Å². The minimum atomic E-state index is -0.476. The fraction of sp³-hybridized carbons (Fsp3) is 0.294. The average Bonchev–Trinajstić information content (AvgIpc) is 3.12. The standard InChI is InChI=1S/C17H22N4O2S.HI/c1-3-18-16(20-11-14-8-9-24-12-14)19-10-13-4-6-15(7-5-13)21-17(22)23-2;/h4-9,12H,3,10-11H2,1-2H3,(H,21,22)(H2,18,19,20);1H. The van der Waals surface area contributed by atoms with Gasteiger partial charge in [0.15, 0.2) is 5.96 Å². The van der Waals surface area contributed by atoms with Crippen LogP contribution in [0.3, 0.4) is 0 Å². The molecule has 0 saturated carbocycles. The molecule has 0 saturated heterocycles. The molecular formula is C17H23IN4O2S. The van der Waals surface area contributed by atoms with Crippen LogP contribution in [0.15, 0.2) is 46.1 Å². The Morgan fingerprint density at radius 1 is 1.16 bits per heavy atom. The zero-order valence-corrected chi connectivity index (χ0v) is 17.4. The number of benzene rings is 1. The van der Waals surface area contributed by atoms with Gasteiger partial charge in [0.05, 0.1) is 13.7 Å². The Hall–Kier alpha value is -1.81. The number of nitrogens with zero attached hydrogens (tertiary/aromatic N) is 1. The summed E-state index contributed by atoms with van der Waals surface area (Å²) in [5.41, 5.74) is 2.99. The summed E-state index contributed by atoms with van der Waals surface area (Å²) in [6.07, 6.45) is -0.476. The van der Waals surface area contributed by atoms with Crippen molar-refractivity contribution < 1.29 is 9.53 Å². The van der Waals surface area contributed by atoms with Crippen molar-refractivity contribution in [3.8, 4) is 0 Å². The van der Waals surface area contributed by atoms with E-state index >= 15 is 0 Å². The largest absolute Gasteiger partial charge is 0.453 e. The number of anilines is 1. The lowest BCUT2D eigenvalue weighted by Gasteiger charge is -2.11. The lowest BCUT2D eigenvalue weighted by molar-refractivity contribution is 0.187. The van der Waals surface area contributed by atoms with Crippen molar-refractivity contribution in [3.63, 3.8) is 0 Å². The van der Waals surface area contributed by atoms with E-state index in [0.29, 0.717) is 18.8 Å². The summed E-state index contributed by atoms with van der Waals surface area (Å²) in [6.45, 7) is 4.14. The highest BCUT2D eigenvalue weighted by Gasteiger charge is 2.02. The van der Waals surface area contributed by atoms with Gasteiger partial charge in [0, 0.05) is 18.8 Å². The zero-order chi connectivity index (χ0) is 17.2. The van der Waals surface area contributed by atoms with E-state index in [1.165, 1.54) is 12.7 Å². The first kappa shape index (κ1) is 21.2. The fourth-order valence-corrected chi connectivity index (χ4v) is 2.62. The number of amides is 1. The summed E-state index contributed by atoms with van der Waals surface area (Å²) in [5.74, 6) is 0.778. The first-order chi connectivity index (χ1) is 11.7. The van der Waals surface area contributed by atoms with Crippen molar-refractivity contribution in [2.75, 3.05) is 19.0 Å². The molecule has 1 heterocycles. The summed E-state index contributed by atoms with van der Waals surface area (Å²) in [6, 6.07) is 9.64. The maximum atomic E-state index is 11.2. The molecule has 2 rings (SSSR count). The topological polar surface area (TPSA) is 74.8 Å². The number of ether oxygens (including phenoxy) is 1. The van der Waals surface area contributed by atoms with Crippen LogP contribution in [0.4, 0.5) is 10.5 Å². The summed E-state index contributed by atoms with van der Waals surface area (Å²) < 4.78 is 4.56.